The van der Waals surface area contributed by atoms with Gasteiger partial charge in [0.25, 0.3) is 0 Å². The molecule has 0 unspecified atom stereocenters. The Kier molecular flexibility index (Phi) is 17.9. The molecular formula is C20H44O8Sn5. The van der Waals surface area contributed by atoms with E-state index in [1.54, 1.807) is 0 Å². The average molecular weight is 1010 g/mol. The molecule has 0 aliphatic heterocycles. The van der Waals surface area contributed by atoms with Crippen molar-refractivity contribution in [3.05, 3.63) is 0 Å². The fraction of sp³-hybridized carbons (Fsp3) is 1.00. The zero-order valence-corrected chi connectivity index (χ0v) is 36.9. The van der Waals surface area contributed by atoms with Crippen molar-refractivity contribution in [2.45, 2.75) is 83.1 Å². The molecule has 33 heavy (non-hydrogen) atoms. The zero-order chi connectivity index (χ0) is 26.1. The summed E-state index contributed by atoms with van der Waals surface area (Å²) in [6, 6.07) is 0. The van der Waals surface area contributed by atoms with E-state index in [0.717, 1.165) is 45.9 Å². The van der Waals surface area contributed by atoms with Crippen molar-refractivity contribution < 1.29 is 17.9 Å². The van der Waals surface area contributed by atoms with Crippen LogP contribution in [0.4, 0.5) is 0 Å². The predicted octanol–water partition coefficient (Wildman–Crippen LogP) is 3.88. The molecule has 0 aliphatic rings. The van der Waals surface area contributed by atoms with Crippen LogP contribution in [0.25, 0.3) is 0 Å². The Labute approximate surface area is 253 Å². The molecule has 0 aliphatic carbocycles. The molecular weight excluding hydrogens is 962 g/mol. The van der Waals surface area contributed by atoms with E-state index in [0.29, 0.717) is 26.4 Å². The van der Waals surface area contributed by atoms with E-state index in [1.807, 2.05) is 0 Å². The van der Waals surface area contributed by atoms with Crippen LogP contribution in [0, 0.1) is 21.7 Å². The molecule has 8 radical (unpaired) electrons. The molecule has 0 N–H and O–H groups in total. The van der Waals surface area contributed by atoms with E-state index in [4.69, 9.17) is 17.9 Å². The van der Waals surface area contributed by atoms with Crippen molar-refractivity contribution in [2.24, 2.45) is 21.7 Å². The molecule has 0 aromatic carbocycles. The Hall–Kier alpha value is 3.67. The number of rotatable bonds is 14. The zero-order valence-electron chi connectivity index (χ0n) is 22.6. The van der Waals surface area contributed by atoms with Crippen LogP contribution in [0.1, 0.15) is 83.1 Å². The molecule has 0 fully saturated rings. The second-order valence-electron chi connectivity index (χ2n) is 12.8. The van der Waals surface area contributed by atoms with Gasteiger partial charge in [0.15, 0.2) is 0 Å². The third-order valence-electron chi connectivity index (χ3n) is 3.19. The van der Waals surface area contributed by atoms with Gasteiger partial charge in [-0.2, -0.15) is 0 Å². The van der Waals surface area contributed by atoms with E-state index in [1.165, 1.54) is 0 Å². The van der Waals surface area contributed by atoms with E-state index >= 15 is 0 Å². The molecule has 8 nitrogen and oxygen atoms in total. The van der Waals surface area contributed by atoms with Gasteiger partial charge < -0.3 is 0 Å². The van der Waals surface area contributed by atoms with Gasteiger partial charge in [-0.1, -0.05) is 0 Å². The third-order valence-corrected chi connectivity index (χ3v) is 33.9. The second kappa shape index (κ2) is 16.1. The van der Waals surface area contributed by atoms with Crippen LogP contribution in [0.5, 0.6) is 0 Å². The fourth-order valence-electron chi connectivity index (χ4n) is 1.70. The van der Waals surface area contributed by atoms with Crippen LogP contribution in [-0.2, 0) is 17.9 Å². The molecule has 0 aromatic heterocycles. The van der Waals surface area contributed by atoms with Gasteiger partial charge in [0, 0.05) is 0 Å². The predicted molar refractivity (Wildman–Crippen MR) is 135 cm³/mol. The van der Waals surface area contributed by atoms with Crippen molar-refractivity contribution in [3.63, 3.8) is 0 Å². The first-order valence-electron chi connectivity index (χ1n) is 11.0. The Morgan fingerprint density at radius 3 is 1.00 bits per heavy atom. The van der Waals surface area contributed by atoms with Gasteiger partial charge >= 0.3 is 257 Å². The minimum absolute atomic E-state index is 0.00570. The molecule has 0 amide bonds. The van der Waals surface area contributed by atoms with Gasteiger partial charge in [-0.05, 0) is 0 Å². The monoisotopic (exact) mass is 1010 g/mol. The van der Waals surface area contributed by atoms with Gasteiger partial charge in [-0.3, -0.25) is 0 Å². The fourth-order valence-corrected chi connectivity index (χ4v) is 46.7. The van der Waals surface area contributed by atoms with Gasteiger partial charge in [-0.15, -0.1) is 0 Å². The Morgan fingerprint density at radius 1 is 0.515 bits per heavy atom. The second-order valence-corrected chi connectivity index (χ2v) is 39.8. The normalized spacial score (nSPS) is 14.5. The SMILES string of the molecule is CC(C)(C)C[O][Sn]([O][Sn])[O][Sn]([O]CC(C)(C)C)([O]CC(C)(C)C)[O][Sn]([O][Sn])[O]CC(C)(C)C. The molecule has 0 atom stereocenters. The van der Waals surface area contributed by atoms with Gasteiger partial charge in [0.1, 0.15) is 0 Å². The number of hydrogen-bond donors (Lipinski definition) is 0. The minimum atomic E-state index is -4.64. The molecule has 0 rings (SSSR count). The Morgan fingerprint density at radius 2 is 0.788 bits per heavy atom. The average Bonchev–Trinajstić information content (AvgIpc) is 2.62. The van der Waals surface area contributed by atoms with Crippen molar-refractivity contribution in [3.8, 4) is 0 Å². The van der Waals surface area contributed by atoms with E-state index in [-0.39, 0.29) is 21.7 Å². The van der Waals surface area contributed by atoms with Crippen molar-refractivity contribution in [2.75, 3.05) is 26.4 Å². The van der Waals surface area contributed by atoms with Crippen molar-refractivity contribution >= 4 is 108 Å². The summed E-state index contributed by atoms with van der Waals surface area (Å²) in [5, 5.41) is 0. The topological polar surface area (TPSA) is 73.8 Å². The van der Waals surface area contributed by atoms with Crippen LogP contribution < -0.4 is 0 Å². The first-order valence-corrected chi connectivity index (χ1v) is 25.0. The standard InChI is InChI=1S/4C5H11O.4O.5Sn/c4*1-5(2,3)4-6;;;;;;;;;/h4*4H2,1-3H3;;;;;;;;;/q4*-1;;;;;;;2*+1;+2. The van der Waals surface area contributed by atoms with Crippen molar-refractivity contribution in [1.82, 2.24) is 0 Å². The summed E-state index contributed by atoms with van der Waals surface area (Å²) in [5.74, 6) is 0. The summed E-state index contributed by atoms with van der Waals surface area (Å²) in [4.78, 5) is 0. The molecule has 0 bridgehead atoms. The molecule has 0 aromatic rings. The molecule has 13 heteroatoms. The molecule has 0 saturated carbocycles. The van der Waals surface area contributed by atoms with Gasteiger partial charge in [0.2, 0.25) is 0 Å². The molecule has 192 valence electrons. The van der Waals surface area contributed by atoms with E-state index < -0.39 is 62.0 Å². The summed E-state index contributed by atoms with van der Waals surface area (Å²) in [7, 11) is 0. The van der Waals surface area contributed by atoms with Crippen LogP contribution in [-0.4, -0.2) is 134 Å². The summed E-state index contributed by atoms with van der Waals surface area (Å²) in [6.07, 6.45) is 0. The summed E-state index contributed by atoms with van der Waals surface area (Å²) < 4.78 is 49.9. The maximum absolute atomic E-state index is 6.56. The Bertz CT molecular complexity index is 493. The van der Waals surface area contributed by atoms with Crippen molar-refractivity contribution in [1.29, 1.82) is 0 Å². The summed E-state index contributed by atoms with van der Waals surface area (Å²) in [6.45, 7) is 27.4. The van der Waals surface area contributed by atoms with Crippen LogP contribution in [0.3, 0.4) is 0 Å². The molecule has 0 saturated heterocycles. The maximum atomic E-state index is 6.56. The molecule has 0 heterocycles. The van der Waals surface area contributed by atoms with E-state index in [2.05, 4.69) is 83.1 Å². The summed E-state index contributed by atoms with van der Waals surface area (Å²) in [5.41, 5.74) is -0.200. The third kappa shape index (κ3) is 21.2. The first kappa shape index (κ1) is 36.7. The quantitative estimate of drug-likeness (QED) is 0.244. The van der Waals surface area contributed by atoms with E-state index in [9.17, 15) is 0 Å². The van der Waals surface area contributed by atoms with Gasteiger partial charge in [-0.25, -0.2) is 0 Å². The first-order chi connectivity index (χ1) is 14.7. The molecule has 0 spiro atoms. The Balaban J connectivity index is 5.95. The van der Waals surface area contributed by atoms with Crippen LogP contribution in [0.2, 0.25) is 0 Å². The van der Waals surface area contributed by atoms with Crippen LogP contribution in [0.15, 0.2) is 0 Å². The number of hydrogen-bond acceptors (Lipinski definition) is 8. The van der Waals surface area contributed by atoms with Crippen LogP contribution >= 0.6 is 0 Å². The van der Waals surface area contributed by atoms with Gasteiger partial charge in [0.05, 0.1) is 0 Å². The summed E-state index contributed by atoms with van der Waals surface area (Å²) >= 11 is -9.26.